The summed E-state index contributed by atoms with van der Waals surface area (Å²) in [6.45, 7) is 5.22. The molecular formula is C9H18O3. The van der Waals surface area contributed by atoms with E-state index in [4.69, 9.17) is 4.74 Å². The molecule has 0 heterocycles. The highest BCUT2D eigenvalue weighted by molar-refractivity contribution is 5.65. The first kappa shape index (κ1) is 11.4. The van der Waals surface area contributed by atoms with E-state index in [1.165, 1.54) is 19.8 Å². The van der Waals surface area contributed by atoms with Gasteiger partial charge in [-0.25, -0.2) is 0 Å². The van der Waals surface area contributed by atoms with Crippen LogP contribution in [-0.2, 0) is 14.3 Å². The van der Waals surface area contributed by atoms with Crippen molar-refractivity contribution in [2.24, 2.45) is 0 Å². The standard InChI is InChI=1S/C9H18O3/c1-3-4-5-6-11-7-8-12-9(2)10/h3-8H2,1-2H3. The molecule has 0 aliphatic heterocycles. The molecule has 0 spiro atoms. The minimum Gasteiger partial charge on any atom is -0.463 e. The quantitative estimate of drug-likeness (QED) is 0.436. The molecule has 0 radical (unpaired) electrons. The average molecular weight is 174 g/mol. The molecule has 0 rings (SSSR count). The zero-order valence-corrected chi connectivity index (χ0v) is 7.97. The van der Waals surface area contributed by atoms with E-state index in [1.807, 2.05) is 0 Å². The van der Waals surface area contributed by atoms with Gasteiger partial charge >= 0.3 is 5.97 Å². The monoisotopic (exact) mass is 174 g/mol. The molecule has 0 aromatic carbocycles. The van der Waals surface area contributed by atoms with Gasteiger partial charge in [-0.1, -0.05) is 19.8 Å². The van der Waals surface area contributed by atoms with Crippen LogP contribution in [0.2, 0.25) is 0 Å². The van der Waals surface area contributed by atoms with E-state index in [-0.39, 0.29) is 5.97 Å². The van der Waals surface area contributed by atoms with Gasteiger partial charge in [0.25, 0.3) is 0 Å². The van der Waals surface area contributed by atoms with Crippen LogP contribution in [-0.4, -0.2) is 25.8 Å². The fourth-order valence-electron chi connectivity index (χ4n) is 0.801. The molecule has 0 aliphatic rings. The van der Waals surface area contributed by atoms with E-state index in [9.17, 15) is 4.79 Å². The second-order valence-electron chi connectivity index (χ2n) is 2.66. The third-order valence-electron chi connectivity index (χ3n) is 1.43. The Morgan fingerprint density at radius 1 is 1.17 bits per heavy atom. The van der Waals surface area contributed by atoms with Crippen molar-refractivity contribution in [2.75, 3.05) is 19.8 Å². The van der Waals surface area contributed by atoms with Crippen molar-refractivity contribution >= 4 is 5.97 Å². The van der Waals surface area contributed by atoms with Crippen LogP contribution in [0.5, 0.6) is 0 Å². The predicted octanol–water partition coefficient (Wildman–Crippen LogP) is 1.76. The highest BCUT2D eigenvalue weighted by atomic mass is 16.6. The van der Waals surface area contributed by atoms with Gasteiger partial charge in [-0.2, -0.15) is 0 Å². The number of carbonyl (C=O) groups excluding carboxylic acids is 1. The smallest absolute Gasteiger partial charge is 0.302 e. The fraction of sp³-hybridized carbons (Fsp3) is 0.889. The lowest BCUT2D eigenvalue weighted by Gasteiger charge is -2.03. The summed E-state index contributed by atoms with van der Waals surface area (Å²) in [5.41, 5.74) is 0. The predicted molar refractivity (Wildman–Crippen MR) is 47.0 cm³/mol. The summed E-state index contributed by atoms with van der Waals surface area (Å²) in [5, 5.41) is 0. The molecule has 0 aromatic rings. The summed E-state index contributed by atoms with van der Waals surface area (Å²) in [6.07, 6.45) is 3.50. The maximum absolute atomic E-state index is 10.3. The van der Waals surface area contributed by atoms with Crippen molar-refractivity contribution in [3.05, 3.63) is 0 Å². The summed E-state index contributed by atoms with van der Waals surface area (Å²) in [4.78, 5) is 10.3. The maximum Gasteiger partial charge on any atom is 0.302 e. The highest BCUT2D eigenvalue weighted by Gasteiger charge is 1.92. The Kier molecular flexibility index (Phi) is 8.12. The lowest BCUT2D eigenvalue weighted by molar-refractivity contribution is -0.142. The second kappa shape index (κ2) is 8.53. The number of ether oxygens (including phenoxy) is 2. The van der Waals surface area contributed by atoms with Crippen molar-refractivity contribution in [2.45, 2.75) is 33.1 Å². The highest BCUT2D eigenvalue weighted by Crippen LogP contribution is 1.93. The van der Waals surface area contributed by atoms with E-state index < -0.39 is 0 Å². The first-order chi connectivity index (χ1) is 5.77. The molecule has 0 saturated heterocycles. The topological polar surface area (TPSA) is 35.5 Å². The normalized spacial score (nSPS) is 9.83. The van der Waals surface area contributed by atoms with Crippen LogP contribution in [0.4, 0.5) is 0 Å². The Balaban J connectivity index is 2.86. The molecule has 0 aromatic heterocycles. The molecule has 3 heteroatoms. The molecule has 0 aliphatic carbocycles. The Bertz CT molecular complexity index is 112. The molecule has 0 atom stereocenters. The number of rotatable bonds is 7. The molecule has 0 fully saturated rings. The molecule has 0 saturated carbocycles. The van der Waals surface area contributed by atoms with Crippen LogP contribution in [0.1, 0.15) is 33.1 Å². The lowest BCUT2D eigenvalue weighted by Crippen LogP contribution is -2.08. The van der Waals surface area contributed by atoms with E-state index >= 15 is 0 Å². The summed E-state index contributed by atoms with van der Waals surface area (Å²) >= 11 is 0. The fourth-order valence-corrected chi connectivity index (χ4v) is 0.801. The van der Waals surface area contributed by atoms with E-state index in [0.717, 1.165) is 13.0 Å². The zero-order chi connectivity index (χ0) is 9.23. The lowest BCUT2D eigenvalue weighted by atomic mass is 10.3. The molecule has 0 bridgehead atoms. The Morgan fingerprint density at radius 3 is 2.50 bits per heavy atom. The number of hydrogen-bond donors (Lipinski definition) is 0. The Hall–Kier alpha value is -0.570. The number of carbonyl (C=O) groups is 1. The van der Waals surface area contributed by atoms with Gasteiger partial charge in [0.15, 0.2) is 0 Å². The van der Waals surface area contributed by atoms with Gasteiger partial charge in [-0.15, -0.1) is 0 Å². The zero-order valence-electron chi connectivity index (χ0n) is 7.97. The number of hydrogen-bond acceptors (Lipinski definition) is 3. The second-order valence-corrected chi connectivity index (χ2v) is 2.66. The van der Waals surface area contributed by atoms with Gasteiger partial charge in [0, 0.05) is 13.5 Å². The van der Waals surface area contributed by atoms with Crippen molar-refractivity contribution in [1.82, 2.24) is 0 Å². The molecule has 0 amide bonds. The van der Waals surface area contributed by atoms with Gasteiger partial charge in [-0.3, -0.25) is 4.79 Å². The largest absolute Gasteiger partial charge is 0.463 e. The summed E-state index contributed by atoms with van der Waals surface area (Å²) in [7, 11) is 0. The molecule has 12 heavy (non-hydrogen) atoms. The molecule has 72 valence electrons. The van der Waals surface area contributed by atoms with Gasteiger partial charge in [0.1, 0.15) is 6.61 Å². The minimum absolute atomic E-state index is 0.243. The van der Waals surface area contributed by atoms with E-state index in [1.54, 1.807) is 0 Å². The first-order valence-electron chi connectivity index (χ1n) is 4.48. The van der Waals surface area contributed by atoms with Crippen molar-refractivity contribution in [1.29, 1.82) is 0 Å². The SMILES string of the molecule is CCCCCOCCOC(C)=O. The van der Waals surface area contributed by atoms with E-state index in [0.29, 0.717) is 13.2 Å². The molecular weight excluding hydrogens is 156 g/mol. The van der Waals surface area contributed by atoms with Crippen molar-refractivity contribution in [3.63, 3.8) is 0 Å². The summed E-state index contributed by atoms with van der Waals surface area (Å²) < 4.78 is 9.89. The molecule has 3 nitrogen and oxygen atoms in total. The van der Waals surface area contributed by atoms with Gasteiger partial charge in [-0.05, 0) is 6.42 Å². The maximum atomic E-state index is 10.3. The average Bonchev–Trinajstić information content (AvgIpc) is 2.02. The Labute approximate surface area is 74.0 Å². The minimum atomic E-state index is -0.243. The van der Waals surface area contributed by atoms with Crippen molar-refractivity contribution in [3.8, 4) is 0 Å². The van der Waals surface area contributed by atoms with Crippen LogP contribution in [0.3, 0.4) is 0 Å². The van der Waals surface area contributed by atoms with Crippen LogP contribution in [0.15, 0.2) is 0 Å². The van der Waals surface area contributed by atoms with Crippen LogP contribution >= 0.6 is 0 Å². The van der Waals surface area contributed by atoms with Crippen LogP contribution in [0.25, 0.3) is 0 Å². The molecule has 0 N–H and O–H groups in total. The Morgan fingerprint density at radius 2 is 1.92 bits per heavy atom. The van der Waals surface area contributed by atoms with Crippen LogP contribution < -0.4 is 0 Å². The van der Waals surface area contributed by atoms with Gasteiger partial charge in [0.2, 0.25) is 0 Å². The molecule has 0 unspecified atom stereocenters. The number of unbranched alkanes of at least 4 members (excludes halogenated alkanes) is 2. The van der Waals surface area contributed by atoms with Crippen molar-refractivity contribution < 1.29 is 14.3 Å². The first-order valence-corrected chi connectivity index (χ1v) is 4.48. The number of esters is 1. The van der Waals surface area contributed by atoms with Gasteiger partial charge < -0.3 is 9.47 Å². The van der Waals surface area contributed by atoms with E-state index in [2.05, 4.69) is 11.7 Å². The van der Waals surface area contributed by atoms with Gasteiger partial charge in [0.05, 0.1) is 6.61 Å². The summed E-state index contributed by atoms with van der Waals surface area (Å²) in [6, 6.07) is 0. The third-order valence-corrected chi connectivity index (χ3v) is 1.43. The third kappa shape index (κ3) is 9.43. The summed E-state index contributed by atoms with van der Waals surface area (Å²) in [5.74, 6) is -0.243. The van der Waals surface area contributed by atoms with Crippen LogP contribution in [0, 0.1) is 0 Å².